The van der Waals surface area contributed by atoms with E-state index in [1.54, 1.807) is 0 Å². The third-order valence-electron chi connectivity index (χ3n) is 6.17. The lowest BCUT2D eigenvalue weighted by atomic mass is 10.1. The van der Waals surface area contributed by atoms with E-state index in [1.165, 1.54) is 49.3 Å². The zero-order valence-electron chi connectivity index (χ0n) is 17.6. The molecule has 0 unspecified atom stereocenters. The Morgan fingerprint density at radius 2 is 1.00 bits per heavy atom. The molecule has 2 nitrogen and oxygen atoms in total. The van der Waals surface area contributed by atoms with Crippen molar-refractivity contribution in [1.82, 2.24) is 9.13 Å². The minimum absolute atomic E-state index is 0.0131. The number of hydrogen-bond acceptors (Lipinski definition) is 0. The van der Waals surface area contributed by atoms with Crippen molar-refractivity contribution in [3.05, 3.63) is 91.0 Å². The van der Waals surface area contributed by atoms with E-state index in [2.05, 4.69) is 121 Å². The molecule has 0 aliphatic carbocycles. The number of fused-ring (bicyclic) bond motifs is 6. The summed E-state index contributed by atoms with van der Waals surface area (Å²) >= 11 is 0. The molecule has 4 aromatic carbocycles. The van der Waals surface area contributed by atoms with Crippen molar-refractivity contribution < 1.29 is 0 Å². The Morgan fingerprint density at radius 1 is 0.500 bits per heavy atom. The monoisotopic (exact) mass is 388 g/mol. The van der Waals surface area contributed by atoms with Gasteiger partial charge in [0.15, 0.2) is 0 Å². The zero-order valence-corrected chi connectivity index (χ0v) is 17.6. The Hall–Kier alpha value is -3.52. The normalized spacial score (nSPS) is 12.5. The molecule has 0 spiro atoms. The smallest absolute Gasteiger partial charge is 0.0562 e. The highest BCUT2D eigenvalue weighted by atomic mass is 15.1. The second-order valence-electron chi connectivity index (χ2n) is 9.06. The van der Waals surface area contributed by atoms with Crippen LogP contribution in [0.15, 0.2) is 91.0 Å². The van der Waals surface area contributed by atoms with Gasteiger partial charge in [0.25, 0.3) is 0 Å². The van der Waals surface area contributed by atoms with Gasteiger partial charge in [0, 0.05) is 32.6 Å². The molecule has 2 aromatic heterocycles. The molecule has 0 atom stereocenters. The Balaban J connectivity index is 1.87. The highest BCUT2D eigenvalue weighted by Crippen LogP contribution is 2.40. The van der Waals surface area contributed by atoms with Gasteiger partial charge in [-0.3, -0.25) is 0 Å². The molecule has 0 radical (unpaired) electrons. The summed E-state index contributed by atoms with van der Waals surface area (Å²) in [5.41, 5.74) is 6.29. The summed E-state index contributed by atoms with van der Waals surface area (Å²) in [5, 5.41) is 5.21. The van der Waals surface area contributed by atoms with Crippen LogP contribution in [0.4, 0.5) is 0 Å². The molecule has 6 aromatic rings. The van der Waals surface area contributed by atoms with Gasteiger partial charge in [0.05, 0.1) is 22.2 Å². The predicted octanol–water partition coefficient (Wildman–Crippen LogP) is 7.65. The van der Waals surface area contributed by atoms with E-state index in [1.807, 2.05) is 0 Å². The standard InChI is InChI=1S/C28H24N2/c1-28(2,3)30-24-16-9-6-13-21(24)27-25(17-10-18-26(27)30)29-22-14-7-4-11-19(22)20-12-5-8-15-23(20)29/h4-18H,1-3H3. The molecule has 0 aliphatic rings. The summed E-state index contributed by atoms with van der Waals surface area (Å²) in [7, 11) is 0. The fourth-order valence-electron chi connectivity index (χ4n) is 5.09. The Bertz CT molecular complexity index is 1520. The fraction of sp³-hybridized carbons (Fsp3) is 0.143. The quantitative estimate of drug-likeness (QED) is 0.274. The van der Waals surface area contributed by atoms with Gasteiger partial charge in [0.1, 0.15) is 0 Å². The van der Waals surface area contributed by atoms with Crippen LogP contribution >= 0.6 is 0 Å². The third-order valence-corrected chi connectivity index (χ3v) is 6.17. The van der Waals surface area contributed by atoms with Gasteiger partial charge in [0.2, 0.25) is 0 Å². The number of para-hydroxylation sites is 3. The molecule has 146 valence electrons. The van der Waals surface area contributed by atoms with Crippen LogP contribution < -0.4 is 0 Å². The first-order valence-corrected chi connectivity index (χ1v) is 10.6. The van der Waals surface area contributed by atoms with Crippen LogP contribution in [-0.4, -0.2) is 9.13 Å². The van der Waals surface area contributed by atoms with Gasteiger partial charge in [-0.15, -0.1) is 0 Å². The molecule has 0 aliphatic heterocycles. The lowest BCUT2D eigenvalue weighted by Gasteiger charge is -2.24. The van der Waals surface area contributed by atoms with E-state index >= 15 is 0 Å². The molecule has 0 fully saturated rings. The van der Waals surface area contributed by atoms with Gasteiger partial charge < -0.3 is 9.13 Å². The van der Waals surface area contributed by atoms with Crippen LogP contribution in [0, 0.1) is 0 Å². The Kier molecular flexibility index (Phi) is 3.47. The SMILES string of the molecule is CC(C)(C)n1c2ccccc2c2c(-n3c4ccccc4c4ccccc43)cccc21. The zero-order chi connectivity index (χ0) is 20.5. The molecule has 30 heavy (non-hydrogen) atoms. The molecule has 0 amide bonds. The molecular formula is C28H24N2. The second kappa shape index (κ2) is 5.99. The molecule has 2 heterocycles. The van der Waals surface area contributed by atoms with E-state index in [4.69, 9.17) is 0 Å². The van der Waals surface area contributed by atoms with Crippen molar-refractivity contribution in [2.75, 3.05) is 0 Å². The van der Waals surface area contributed by atoms with Crippen molar-refractivity contribution in [3.63, 3.8) is 0 Å². The number of hydrogen-bond donors (Lipinski definition) is 0. The lowest BCUT2D eigenvalue weighted by molar-refractivity contribution is 0.423. The Morgan fingerprint density at radius 3 is 1.60 bits per heavy atom. The maximum absolute atomic E-state index is 2.48. The topological polar surface area (TPSA) is 9.86 Å². The van der Waals surface area contributed by atoms with Crippen LogP contribution in [-0.2, 0) is 5.54 Å². The largest absolute Gasteiger partial charge is 0.335 e. The van der Waals surface area contributed by atoms with Crippen LogP contribution in [0.3, 0.4) is 0 Å². The van der Waals surface area contributed by atoms with Crippen molar-refractivity contribution in [3.8, 4) is 5.69 Å². The van der Waals surface area contributed by atoms with Gasteiger partial charge in [-0.1, -0.05) is 60.7 Å². The minimum atomic E-state index is -0.0131. The van der Waals surface area contributed by atoms with Crippen LogP contribution in [0.25, 0.3) is 49.3 Å². The van der Waals surface area contributed by atoms with E-state index in [0.717, 1.165) is 0 Å². The van der Waals surface area contributed by atoms with Crippen LogP contribution in [0.1, 0.15) is 20.8 Å². The first-order valence-electron chi connectivity index (χ1n) is 10.6. The summed E-state index contributed by atoms with van der Waals surface area (Å²) in [6.07, 6.45) is 0. The maximum Gasteiger partial charge on any atom is 0.0562 e. The molecule has 0 N–H and O–H groups in total. The number of nitrogens with zero attached hydrogens (tertiary/aromatic N) is 2. The van der Waals surface area contributed by atoms with Crippen molar-refractivity contribution in [2.24, 2.45) is 0 Å². The van der Waals surface area contributed by atoms with E-state index in [0.29, 0.717) is 0 Å². The van der Waals surface area contributed by atoms with Crippen molar-refractivity contribution in [2.45, 2.75) is 26.3 Å². The molecule has 0 saturated heterocycles. The van der Waals surface area contributed by atoms with Crippen molar-refractivity contribution >= 4 is 43.6 Å². The highest BCUT2D eigenvalue weighted by Gasteiger charge is 2.23. The Labute approximate surface area is 176 Å². The van der Waals surface area contributed by atoms with Crippen LogP contribution in [0.5, 0.6) is 0 Å². The average molecular weight is 389 g/mol. The fourth-order valence-corrected chi connectivity index (χ4v) is 5.09. The van der Waals surface area contributed by atoms with Crippen molar-refractivity contribution in [1.29, 1.82) is 0 Å². The van der Waals surface area contributed by atoms with E-state index in [-0.39, 0.29) is 5.54 Å². The summed E-state index contributed by atoms with van der Waals surface area (Å²) in [5.74, 6) is 0. The van der Waals surface area contributed by atoms with Crippen LogP contribution in [0.2, 0.25) is 0 Å². The summed E-state index contributed by atoms with van der Waals surface area (Å²) in [4.78, 5) is 0. The van der Waals surface area contributed by atoms with Gasteiger partial charge in [-0.2, -0.15) is 0 Å². The van der Waals surface area contributed by atoms with Gasteiger partial charge in [-0.25, -0.2) is 0 Å². The van der Waals surface area contributed by atoms with Gasteiger partial charge >= 0.3 is 0 Å². The highest BCUT2D eigenvalue weighted by molar-refractivity contribution is 6.15. The average Bonchev–Trinajstić information content (AvgIpc) is 3.27. The summed E-state index contributed by atoms with van der Waals surface area (Å²) in [6, 6.07) is 33.0. The first kappa shape index (κ1) is 17.3. The number of benzene rings is 4. The summed E-state index contributed by atoms with van der Waals surface area (Å²) in [6.45, 7) is 6.85. The predicted molar refractivity (Wildman–Crippen MR) is 129 cm³/mol. The maximum atomic E-state index is 2.48. The first-order chi connectivity index (χ1) is 14.6. The lowest BCUT2D eigenvalue weighted by Crippen LogP contribution is -2.21. The molecule has 2 heteroatoms. The van der Waals surface area contributed by atoms with Gasteiger partial charge in [-0.05, 0) is 51.1 Å². The number of rotatable bonds is 1. The molecule has 0 bridgehead atoms. The second-order valence-corrected chi connectivity index (χ2v) is 9.06. The van der Waals surface area contributed by atoms with E-state index in [9.17, 15) is 0 Å². The number of aromatic nitrogens is 2. The summed E-state index contributed by atoms with van der Waals surface area (Å²) < 4.78 is 4.92. The minimum Gasteiger partial charge on any atom is -0.335 e. The van der Waals surface area contributed by atoms with E-state index < -0.39 is 0 Å². The third kappa shape index (κ3) is 2.25. The molecule has 0 saturated carbocycles. The molecular weight excluding hydrogens is 364 g/mol. The molecule has 6 rings (SSSR count).